The normalized spacial score (nSPS) is 13.9. The number of carbonyl (C=O) groups is 2. The third kappa shape index (κ3) is 4.27. The van der Waals surface area contributed by atoms with E-state index in [-0.39, 0.29) is 17.8 Å². The van der Waals surface area contributed by atoms with Gasteiger partial charge in [-0.15, -0.1) is 5.10 Å². The van der Waals surface area contributed by atoms with Gasteiger partial charge in [0.05, 0.1) is 12.2 Å². The highest BCUT2D eigenvalue weighted by Crippen LogP contribution is 2.23. The maximum absolute atomic E-state index is 12.4. The van der Waals surface area contributed by atoms with Crippen LogP contribution in [0.25, 0.3) is 5.69 Å². The smallest absolute Gasteiger partial charge is 0.409 e. The number of aryl methyl sites for hydroxylation is 1. The highest BCUT2D eigenvalue weighted by Gasteiger charge is 2.21. The van der Waals surface area contributed by atoms with Crippen molar-refractivity contribution in [3.8, 4) is 5.69 Å². The molecule has 1 aromatic heterocycles. The van der Waals surface area contributed by atoms with Gasteiger partial charge in [-0.25, -0.2) is 14.5 Å². The summed E-state index contributed by atoms with van der Waals surface area (Å²) >= 11 is 0. The number of hydrogen-bond donors (Lipinski definition) is 1. The lowest BCUT2D eigenvalue weighted by molar-refractivity contribution is 0.0942. The molecule has 2 heterocycles. The van der Waals surface area contributed by atoms with Crippen molar-refractivity contribution in [3.05, 3.63) is 41.5 Å². The van der Waals surface area contributed by atoms with Crippen LogP contribution in [0.3, 0.4) is 0 Å². The van der Waals surface area contributed by atoms with Crippen molar-refractivity contribution in [2.24, 2.45) is 0 Å². The fourth-order valence-electron chi connectivity index (χ4n) is 3.06. The topological polar surface area (TPSA) is 89.3 Å². The molecule has 0 bridgehead atoms. The molecule has 8 nitrogen and oxygen atoms in total. The van der Waals surface area contributed by atoms with Crippen LogP contribution in [0.1, 0.15) is 48.2 Å². The van der Waals surface area contributed by atoms with E-state index < -0.39 is 0 Å². The van der Waals surface area contributed by atoms with Crippen molar-refractivity contribution in [2.45, 2.75) is 33.1 Å². The maximum Gasteiger partial charge on any atom is 0.409 e. The van der Waals surface area contributed by atoms with Gasteiger partial charge < -0.3 is 15.0 Å². The molecule has 1 N–H and O–H groups in total. The minimum atomic E-state index is -0.317. The van der Waals surface area contributed by atoms with Gasteiger partial charge >= 0.3 is 6.09 Å². The van der Waals surface area contributed by atoms with Crippen LogP contribution in [-0.4, -0.2) is 57.9 Å². The molecular formula is C19H25N5O3. The molecular weight excluding hydrogens is 346 g/mol. The van der Waals surface area contributed by atoms with Gasteiger partial charge in [-0.3, -0.25) is 4.79 Å². The van der Waals surface area contributed by atoms with Gasteiger partial charge in [0, 0.05) is 13.1 Å². The molecule has 3 rings (SSSR count). The Morgan fingerprint density at radius 2 is 2.11 bits per heavy atom. The molecule has 0 aliphatic carbocycles. The molecule has 0 radical (unpaired) electrons. The van der Waals surface area contributed by atoms with E-state index in [1.807, 2.05) is 25.1 Å². The zero-order valence-corrected chi connectivity index (χ0v) is 15.9. The fraction of sp³-hybridized carbons (Fsp3) is 0.474. The minimum Gasteiger partial charge on any atom is -0.448 e. The number of hydrogen-bond acceptors (Lipinski definition) is 5. The summed E-state index contributed by atoms with van der Waals surface area (Å²) in [5.74, 6) is 0.821. The summed E-state index contributed by atoms with van der Waals surface area (Å²) in [6.07, 6.45) is 0.359. The van der Waals surface area contributed by atoms with E-state index in [0.29, 0.717) is 44.4 Å². The van der Waals surface area contributed by atoms with E-state index in [4.69, 9.17) is 4.74 Å². The SMILES string of the molecule is Cc1nc(C(=O)NCCCN2CCOC2=O)nn1-c1ccccc1C(C)C. The summed E-state index contributed by atoms with van der Waals surface area (Å²) in [5, 5.41) is 7.21. The second kappa shape index (κ2) is 8.20. The van der Waals surface area contributed by atoms with Gasteiger partial charge in [0.15, 0.2) is 0 Å². The molecule has 1 fully saturated rings. The van der Waals surface area contributed by atoms with Crippen LogP contribution < -0.4 is 5.32 Å². The van der Waals surface area contributed by atoms with Crippen molar-refractivity contribution in [3.63, 3.8) is 0 Å². The van der Waals surface area contributed by atoms with Gasteiger partial charge in [-0.05, 0) is 30.9 Å². The van der Waals surface area contributed by atoms with E-state index >= 15 is 0 Å². The summed E-state index contributed by atoms with van der Waals surface area (Å²) in [6, 6.07) is 7.98. The molecule has 1 saturated heterocycles. The van der Waals surface area contributed by atoms with Crippen molar-refractivity contribution < 1.29 is 14.3 Å². The highest BCUT2D eigenvalue weighted by molar-refractivity contribution is 5.90. The average molecular weight is 371 g/mol. The van der Waals surface area contributed by atoms with Crippen LogP contribution in [0.2, 0.25) is 0 Å². The average Bonchev–Trinajstić information content (AvgIpc) is 3.24. The Hall–Kier alpha value is -2.90. The standard InChI is InChI=1S/C19H25N5O3/c1-13(2)15-7-4-5-8-16(15)24-14(3)21-17(22-24)18(25)20-9-6-10-23-11-12-27-19(23)26/h4-5,7-8,13H,6,9-12H2,1-3H3,(H,20,25). The largest absolute Gasteiger partial charge is 0.448 e. The van der Waals surface area contributed by atoms with E-state index in [1.54, 1.807) is 9.58 Å². The van der Waals surface area contributed by atoms with E-state index in [1.165, 1.54) is 0 Å². The summed E-state index contributed by atoms with van der Waals surface area (Å²) in [5.41, 5.74) is 2.08. The molecule has 8 heteroatoms. The molecule has 27 heavy (non-hydrogen) atoms. The van der Waals surface area contributed by atoms with Gasteiger partial charge in [0.25, 0.3) is 5.91 Å². The number of nitrogens with one attached hydrogen (secondary N) is 1. The van der Waals surface area contributed by atoms with E-state index in [2.05, 4.69) is 35.3 Å². The number of rotatable bonds is 7. The molecule has 0 unspecified atom stereocenters. The molecule has 0 spiro atoms. The summed E-state index contributed by atoms with van der Waals surface area (Å²) in [6.45, 7) is 8.11. The van der Waals surface area contributed by atoms with Crippen molar-refractivity contribution in [1.29, 1.82) is 0 Å². The van der Waals surface area contributed by atoms with Crippen LogP contribution in [-0.2, 0) is 4.74 Å². The van der Waals surface area contributed by atoms with Crippen LogP contribution in [0, 0.1) is 6.92 Å². The zero-order chi connectivity index (χ0) is 19.4. The second-order valence-corrected chi connectivity index (χ2v) is 6.82. The predicted octanol–water partition coefficient (Wildman–Crippen LogP) is 2.27. The Balaban J connectivity index is 1.62. The van der Waals surface area contributed by atoms with Gasteiger partial charge in [0.1, 0.15) is 12.4 Å². The molecule has 1 aromatic carbocycles. The molecule has 144 valence electrons. The monoisotopic (exact) mass is 371 g/mol. The number of para-hydroxylation sites is 1. The van der Waals surface area contributed by atoms with Gasteiger partial charge in [-0.2, -0.15) is 0 Å². The number of cyclic esters (lactones) is 1. The number of nitrogens with zero attached hydrogens (tertiary/aromatic N) is 4. The zero-order valence-electron chi connectivity index (χ0n) is 15.9. The molecule has 0 atom stereocenters. The Kier molecular flexibility index (Phi) is 5.73. The maximum atomic E-state index is 12.4. The molecule has 0 saturated carbocycles. The van der Waals surface area contributed by atoms with E-state index in [0.717, 1.165) is 11.3 Å². The summed E-state index contributed by atoms with van der Waals surface area (Å²) in [4.78, 5) is 29.7. The van der Waals surface area contributed by atoms with E-state index in [9.17, 15) is 9.59 Å². The third-order valence-electron chi connectivity index (χ3n) is 4.49. The van der Waals surface area contributed by atoms with Crippen LogP contribution in [0.4, 0.5) is 4.79 Å². The van der Waals surface area contributed by atoms with Crippen LogP contribution >= 0.6 is 0 Å². The van der Waals surface area contributed by atoms with Crippen molar-refractivity contribution in [1.82, 2.24) is 25.0 Å². The molecule has 2 aromatic rings. The quantitative estimate of drug-likeness (QED) is 0.754. The van der Waals surface area contributed by atoms with Crippen LogP contribution in [0.5, 0.6) is 0 Å². The Morgan fingerprint density at radius 3 is 2.81 bits per heavy atom. The number of carbonyl (C=O) groups excluding carboxylic acids is 2. The highest BCUT2D eigenvalue weighted by atomic mass is 16.6. The number of ether oxygens (including phenoxy) is 1. The first kappa shape index (κ1) is 18.9. The third-order valence-corrected chi connectivity index (χ3v) is 4.49. The molecule has 2 amide bonds. The van der Waals surface area contributed by atoms with Gasteiger partial charge in [-0.1, -0.05) is 32.0 Å². The number of benzene rings is 1. The number of amides is 2. The lowest BCUT2D eigenvalue weighted by Crippen LogP contribution is -2.31. The Morgan fingerprint density at radius 1 is 1.33 bits per heavy atom. The molecule has 1 aliphatic heterocycles. The minimum absolute atomic E-state index is 0.145. The lowest BCUT2D eigenvalue weighted by Gasteiger charge is -2.13. The number of aromatic nitrogens is 3. The summed E-state index contributed by atoms with van der Waals surface area (Å²) in [7, 11) is 0. The Labute approximate surface area is 158 Å². The molecule has 1 aliphatic rings. The van der Waals surface area contributed by atoms with Crippen molar-refractivity contribution in [2.75, 3.05) is 26.2 Å². The fourth-order valence-corrected chi connectivity index (χ4v) is 3.06. The van der Waals surface area contributed by atoms with Crippen LogP contribution in [0.15, 0.2) is 24.3 Å². The first-order valence-corrected chi connectivity index (χ1v) is 9.20. The Bertz CT molecular complexity index is 831. The van der Waals surface area contributed by atoms with Crippen molar-refractivity contribution >= 4 is 12.0 Å². The first-order chi connectivity index (χ1) is 13.0. The predicted molar refractivity (Wildman–Crippen MR) is 100 cm³/mol. The lowest BCUT2D eigenvalue weighted by atomic mass is 10.0. The summed E-state index contributed by atoms with van der Waals surface area (Å²) < 4.78 is 6.59. The van der Waals surface area contributed by atoms with Gasteiger partial charge in [0.2, 0.25) is 5.82 Å². The first-order valence-electron chi connectivity index (χ1n) is 9.20. The second-order valence-electron chi connectivity index (χ2n) is 6.82.